The van der Waals surface area contributed by atoms with E-state index in [4.69, 9.17) is 19.8 Å². The number of carbonyl (C=O) groups is 5. The van der Waals surface area contributed by atoms with E-state index in [2.05, 4.69) is 37.2 Å². The van der Waals surface area contributed by atoms with Gasteiger partial charge in [-0.3, -0.25) is 9.59 Å². The van der Waals surface area contributed by atoms with Gasteiger partial charge in [0.05, 0.1) is 15.9 Å². The molecule has 0 rings (SSSR count). The van der Waals surface area contributed by atoms with Crippen molar-refractivity contribution in [1.29, 1.82) is 3.84 Å². The van der Waals surface area contributed by atoms with E-state index in [-0.39, 0.29) is 24.8 Å². The molecule has 0 fully saturated rings. The summed E-state index contributed by atoms with van der Waals surface area (Å²) in [5.41, 5.74) is 5.59. The van der Waals surface area contributed by atoms with Crippen LogP contribution in [0.25, 0.3) is 0 Å². The Balaban J connectivity index is -0.000000141. The lowest BCUT2D eigenvalue weighted by molar-refractivity contribution is -0.142. The second kappa shape index (κ2) is 37.8. The Morgan fingerprint density at radius 3 is 1.27 bits per heavy atom. The Morgan fingerprint density at radius 2 is 0.955 bits per heavy atom. The summed E-state index contributed by atoms with van der Waals surface area (Å²) in [4.78, 5) is 55.1. The highest BCUT2D eigenvalue weighted by Gasteiger charge is 2.24. The first-order valence-corrected chi connectivity index (χ1v) is 14.2. The van der Waals surface area contributed by atoms with Gasteiger partial charge in [0.1, 0.15) is 17.9 Å². The number of carbonyl (C=O) groups excluding carboxylic acids is 3. The van der Waals surface area contributed by atoms with E-state index >= 15 is 0 Å². The Bertz CT molecular complexity index is 748. The lowest BCUT2D eigenvalue weighted by atomic mass is 10.2. The molecular formula is C26H65N8O7P3. The van der Waals surface area contributed by atoms with E-state index < -0.39 is 42.0 Å². The number of aliphatic carboxylic acids is 2. The highest BCUT2D eigenvalue weighted by Crippen LogP contribution is 1.90. The van der Waals surface area contributed by atoms with Crippen LogP contribution < -0.4 is 43.0 Å². The van der Waals surface area contributed by atoms with Crippen LogP contribution >= 0.6 is 29.5 Å². The number of amides is 2. The largest absolute Gasteiger partial charge is 0.480 e. The van der Waals surface area contributed by atoms with Gasteiger partial charge in [0, 0.05) is 26.2 Å². The van der Waals surface area contributed by atoms with Gasteiger partial charge < -0.3 is 58.0 Å². The molecule has 0 radical (unpaired) electrons. The quantitative estimate of drug-likeness (QED) is 0.0586. The fourth-order valence-electron chi connectivity index (χ4n) is 2.79. The third-order valence-electron chi connectivity index (χ3n) is 4.93. The molecule has 0 aliphatic carbocycles. The molecule has 7 atom stereocenters. The summed E-state index contributed by atoms with van der Waals surface area (Å²) in [6, 6.07) is -3.01. The van der Waals surface area contributed by atoms with Crippen LogP contribution in [-0.4, -0.2) is 127 Å². The Morgan fingerprint density at radius 1 is 0.636 bits per heavy atom. The number of carboxylic acid groups (broad SMARTS) is 2. The Hall–Kier alpha value is -1.40. The van der Waals surface area contributed by atoms with Gasteiger partial charge in [-0.1, -0.05) is 34.6 Å². The minimum absolute atomic E-state index is 0.167. The van der Waals surface area contributed by atoms with E-state index in [1.807, 2.05) is 34.6 Å². The van der Waals surface area contributed by atoms with Gasteiger partial charge in [0.15, 0.2) is 0 Å². The highest BCUT2D eigenvalue weighted by atomic mass is 31.0. The Labute approximate surface area is 278 Å². The number of ketones is 1. The molecule has 18 heteroatoms. The number of rotatable bonds is 21. The summed E-state index contributed by atoms with van der Waals surface area (Å²) < 4.78 is 17.0. The molecule has 0 aromatic carbocycles. The molecule has 7 unspecified atom stereocenters. The molecule has 266 valence electrons. The summed E-state index contributed by atoms with van der Waals surface area (Å²) in [5.74, 6) is -2.69. The number of Topliss-reactive ketones (excluding diaryl/α,β-unsaturated/α-hetero) is 1. The third kappa shape index (κ3) is 35.1. The molecule has 2 amide bonds. The minimum Gasteiger partial charge on any atom is -0.480 e. The summed E-state index contributed by atoms with van der Waals surface area (Å²) in [6.07, 6.45) is 0.912. The molecule has 0 saturated carbocycles. The number of likely N-dealkylation sites (N-methyl/N-ethyl adjacent to an activating group) is 4. The standard InChI is InChI=1S/C13H28N4O3.C10H22N4O3.C3H6O.3H3P/c1-4-7-16-10(8-14-5-2)12(18)17-11(13(19)20)9-15-6-3;1-3-12-5-7(11)9(15)14-8(10(16)17)6-13-4-2;1-3(2)4;;;/h10-11,14-16H,4-9H2,1-3H3,(H,17,18)(H,19,20);7-8,12-13H,3-6,11H2,1-2H3,(H,14,15)(H,16,17);1-2H3;3*1H3/i;;;3*1D. The Kier molecular flexibility index (Phi) is 40.4. The fraction of sp³-hybridized carbons (Fsp3) is 0.808. The first-order chi connectivity index (χ1) is 22.3. The van der Waals surface area contributed by atoms with Gasteiger partial charge in [0.2, 0.25) is 11.8 Å². The number of carboxylic acids is 2. The van der Waals surface area contributed by atoms with Gasteiger partial charge in [-0.2, -0.15) is 29.5 Å². The summed E-state index contributed by atoms with van der Waals surface area (Å²) in [7, 11) is 5.00. The molecule has 11 N–H and O–H groups in total. The first kappa shape index (κ1) is 47.0. The number of hydrogen-bond donors (Lipinski definition) is 10. The molecule has 0 heterocycles. The van der Waals surface area contributed by atoms with Crippen molar-refractivity contribution in [3.63, 3.8) is 0 Å². The van der Waals surface area contributed by atoms with E-state index in [1.54, 1.807) is 29.5 Å². The molecule has 0 saturated heterocycles. The normalized spacial score (nSPS) is 12.8. The molecule has 44 heavy (non-hydrogen) atoms. The molecule has 0 bridgehead atoms. The van der Waals surface area contributed by atoms with Crippen LogP contribution in [0.2, 0.25) is 0 Å². The molecule has 0 aliphatic heterocycles. The average Bonchev–Trinajstić information content (AvgIpc) is 3.06. The van der Waals surface area contributed by atoms with Crippen LogP contribution in [-0.2, 0) is 24.0 Å². The van der Waals surface area contributed by atoms with E-state index in [9.17, 15) is 24.0 Å². The van der Waals surface area contributed by atoms with Crippen LogP contribution in [0.15, 0.2) is 0 Å². The zero-order valence-corrected chi connectivity index (χ0v) is 31.1. The average molecular weight is 698 g/mol. The van der Waals surface area contributed by atoms with E-state index in [0.29, 0.717) is 39.3 Å². The van der Waals surface area contributed by atoms with Gasteiger partial charge in [-0.25, -0.2) is 9.59 Å². The zero-order chi connectivity index (χ0) is 38.2. The number of nitrogens with one attached hydrogen (secondary N) is 7. The van der Waals surface area contributed by atoms with Gasteiger partial charge in [-0.15, -0.1) is 0 Å². The maximum atomic E-state index is 12.1. The number of nitrogens with two attached hydrogens (primary N) is 1. The lowest BCUT2D eigenvalue weighted by Crippen LogP contribution is -2.56. The zero-order valence-electron chi connectivity index (χ0n) is 30.6. The third-order valence-corrected chi connectivity index (χ3v) is 4.93. The predicted molar refractivity (Wildman–Crippen MR) is 193 cm³/mol. The molecule has 0 spiro atoms. The van der Waals surface area contributed by atoms with Crippen molar-refractivity contribution >= 4 is 59.1 Å². The molecular weight excluding hydrogens is 629 g/mol. The highest BCUT2D eigenvalue weighted by molar-refractivity contribution is 6.92. The monoisotopic (exact) mass is 697 g/mol. The van der Waals surface area contributed by atoms with Crippen LogP contribution in [0, 0.1) is 0 Å². The molecule has 0 aromatic heterocycles. The lowest BCUT2D eigenvalue weighted by Gasteiger charge is -2.21. The van der Waals surface area contributed by atoms with Crippen molar-refractivity contribution in [3.05, 3.63) is 0 Å². The molecule has 0 aliphatic rings. The first-order valence-electron chi connectivity index (χ1n) is 15.9. The second-order valence-corrected chi connectivity index (χ2v) is 9.05. The van der Waals surface area contributed by atoms with Crippen LogP contribution in [0.1, 0.15) is 54.9 Å². The SMILES string of the molecule is CC(C)=O.CCCNC(CNCC)C(=O)NC(CNCC)C(=O)O.CCNCC(N)C(=O)NC(CNCC)C(=O)O.[2H]P.[2H]P.[2H]P. The topological polar surface area (TPSA) is 236 Å². The summed E-state index contributed by atoms with van der Waals surface area (Å²) in [5, 5.41) is 37.9. The van der Waals surface area contributed by atoms with Crippen LogP contribution in [0.3, 0.4) is 0 Å². The predicted octanol–water partition coefficient (Wildman–Crippen LogP) is -1.99. The molecule has 0 aromatic rings. The molecule has 15 nitrogen and oxygen atoms in total. The summed E-state index contributed by atoms with van der Waals surface area (Å²) >= 11 is 0. The van der Waals surface area contributed by atoms with Gasteiger partial charge in [0.25, 0.3) is 0 Å². The maximum Gasteiger partial charge on any atom is 0.327 e. The summed E-state index contributed by atoms with van der Waals surface area (Å²) in [6.45, 7) is 17.4. The van der Waals surface area contributed by atoms with Crippen molar-refractivity contribution in [2.45, 2.75) is 79.1 Å². The van der Waals surface area contributed by atoms with Crippen molar-refractivity contribution in [3.8, 4) is 0 Å². The van der Waals surface area contributed by atoms with E-state index in [1.165, 1.54) is 13.8 Å². The van der Waals surface area contributed by atoms with Crippen molar-refractivity contribution in [2.24, 2.45) is 5.73 Å². The van der Waals surface area contributed by atoms with Crippen LogP contribution in [0.5, 0.6) is 0 Å². The van der Waals surface area contributed by atoms with Crippen LogP contribution in [0.4, 0.5) is 0 Å². The maximum absolute atomic E-state index is 12.1. The van der Waals surface area contributed by atoms with Crippen molar-refractivity contribution in [2.75, 3.05) is 58.9 Å². The number of hydrogen-bond acceptors (Lipinski definition) is 11. The fourth-order valence-corrected chi connectivity index (χ4v) is 2.79. The minimum atomic E-state index is -1.07. The smallest absolute Gasteiger partial charge is 0.327 e. The second-order valence-electron chi connectivity index (χ2n) is 9.05. The van der Waals surface area contributed by atoms with Crippen molar-refractivity contribution < 1.29 is 34.2 Å². The van der Waals surface area contributed by atoms with Gasteiger partial charge in [-0.05, 0) is 53.0 Å². The van der Waals surface area contributed by atoms with Crippen molar-refractivity contribution in [1.82, 2.24) is 37.2 Å². The van der Waals surface area contributed by atoms with E-state index in [0.717, 1.165) is 13.0 Å². The van der Waals surface area contributed by atoms with Gasteiger partial charge >= 0.3 is 11.9 Å².